The fraction of sp³-hybridized carbons (Fsp3) is 0.480. The van der Waals surface area contributed by atoms with Gasteiger partial charge in [0.25, 0.3) is 0 Å². The second-order valence-electron chi connectivity index (χ2n) is 9.17. The molecule has 0 spiro atoms. The molecule has 1 aliphatic carbocycles. The number of rotatable bonds is 8. The number of fused-ring (bicyclic) bond motifs is 1. The monoisotopic (exact) mass is 466 g/mol. The van der Waals surface area contributed by atoms with E-state index >= 15 is 0 Å². The summed E-state index contributed by atoms with van der Waals surface area (Å²) in [7, 11) is 4.04. The van der Waals surface area contributed by atoms with Gasteiger partial charge in [0.2, 0.25) is 11.9 Å². The summed E-state index contributed by atoms with van der Waals surface area (Å²) in [4.78, 5) is 24.2. The average molecular weight is 467 g/mol. The van der Waals surface area contributed by atoms with Gasteiger partial charge in [-0.25, -0.2) is 4.98 Å². The zero-order chi connectivity index (χ0) is 23.4. The first-order valence-corrected chi connectivity index (χ1v) is 12.5. The minimum Gasteiger partial charge on any atom is -0.362 e. The molecule has 176 valence electrons. The maximum Gasteiger partial charge on any atom is 0.225 e. The SMILES string of the molecule is CC(=O)Nc1sc(C)cc1CNCC1CCC(Nc2nc(N(C)C)c3ccccc3n2)CC1. The molecule has 8 heteroatoms. The van der Waals surface area contributed by atoms with Crippen LogP contribution >= 0.6 is 11.3 Å². The van der Waals surface area contributed by atoms with Crippen LogP contribution in [0.5, 0.6) is 0 Å². The van der Waals surface area contributed by atoms with Crippen molar-refractivity contribution in [1.82, 2.24) is 15.3 Å². The topological polar surface area (TPSA) is 82.2 Å². The number of hydrogen-bond acceptors (Lipinski definition) is 7. The molecule has 33 heavy (non-hydrogen) atoms. The highest BCUT2D eigenvalue weighted by molar-refractivity contribution is 7.16. The first kappa shape index (κ1) is 23.4. The van der Waals surface area contributed by atoms with Crippen molar-refractivity contribution in [1.29, 1.82) is 0 Å². The number of nitrogens with one attached hydrogen (secondary N) is 3. The van der Waals surface area contributed by atoms with Crippen molar-refractivity contribution in [2.45, 2.75) is 52.1 Å². The van der Waals surface area contributed by atoms with Gasteiger partial charge in [-0.3, -0.25) is 4.79 Å². The summed E-state index contributed by atoms with van der Waals surface area (Å²) in [5.74, 6) is 2.32. The van der Waals surface area contributed by atoms with E-state index in [1.165, 1.54) is 23.3 Å². The molecule has 1 aromatic carbocycles. The molecule has 0 bridgehead atoms. The van der Waals surface area contributed by atoms with E-state index in [2.05, 4.69) is 35.0 Å². The van der Waals surface area contributed by atoms with E-state index < -0.39 is 0 Å². The lowest BCUT2D eigenvalue weighted by Crippen LogP contribution is -2.31. The molecular weight excluding hydrogens is 432 g/mol. The second-order valence-corrected chi connectivity index (χ2v) is 10.4. The summed E-state index contributed by atoms with van der Waals surface area (Å²) in [6.07, 6.45) is 4.60. The van der Waals surface area contributed by atoms with Gasteiger partial charge in [-0.1, -0.05) is 12.1 Å². The van der Waals surface area contributed by atoms with Gasteiger partial charge < -0.3 is 20.9 Å². The zero-order valence-electron chi connectivity index (χ0n) is 19.9. The number of nitrogens with zero attached hydrogens (tertiary/aromatic N) is 3. The van der Waals surface area contributed by atoms with Crippen LogP contribution in [0, 0.1) is 12.8 Å². The van der Waals surface area contributed by atoms with Crippen LogP contribution in [0.15, 0.2) is 30.3 Å². The molecule has 3 N–H and O–H groups in total. The van der Waals surface area contributed by atoms with Crippen molar-refractivity contribution in [3.63, 3.8) is 0 Å². The summed E-state index contributed by atoms with van der Waals surface area (Å²) < 4.78 is 0. The van der Waals surface area contributed by atoms with Gasteiger partial charge >= 0.3 is 0 Å². The van der Waals surface area contributed by atoms with Crippen LogP contribution in [0.1, 0.15) is 43.0 Å². The van der Waals surface area contributed by atoms with Crippen molar-refractivity contribution in [3.8, 4) is 0 Å². The molecule has 7 nitrogen and oxygen atoms in total. The summed E-state index contributed by atoms with van der Waals surface area (Å²) in [5, 5.41) is 12.2. The lowest BCUT2D eigenvalue weighted by Gasteiger charge is -2.29. The largest absolute Gasteiger partial charge is 0.362 e. The predicted molar refractivity (Wildman–Crippen MR) is 138 cm³/mol. The maximum absolute atomic E-state index is 11.4. The Hall–Kier alpha value is -2.71. The highest BCUT2D eigenvalue weighted by Gasteiger charge is 2.22. The highest BCUT2D eigenvalue weighted by atomic mass is 32.1. The van der Waals surface area contributed by atoms with Gasteiger partial charge in [0.05, 0.1) is 10.5 Å². The maximum atomic E-state index is 11.4. The molecular formula is C25H34N6OS. The number of carbonyl (C=O) groups is 1. The number of benzene rings is 1. The van der Waals surface area contributed by atoms with E-state index in [4.69, 9.17) is 9.97 Å². The van der Waals surface area contributed by atoms with E-state index in [1.807, 2.05) is 37.2 Å². The number of thiophene rings is 1. The number of hydrogen-bond donors (Lipinski definition) is 3. The van der Waals surface area contributed by atoms with Crippen LogP contribution in [-0.2, 0) is 11.3 Å². The Morgan fingerprint density at radius 2 is 1.91 bits per heavy atom. The van der Waals surface area contributed by atoms with Crippen LogP contribution in [0.3, 0.4) is 0 Å². The van der Waals surface area contributed by atoms with Crippen molar-refractivity contribution in [2.75, 3.05) is 36.2 Å². The number of aromatic nitrogens is 2. The van der Waals surface area contributed by atoms with Gasteiger partial charge in [-0.2, -0.15) is 4.98 Å². The third-order valence-corrected chi connectivity index (χ3v) is 7.17. The molecule has 0 radical (unpaired) electrons. The standard InChI is InChI=1S/C25H34N6OS/c1-16-13-19(24(33-16)27-17(2)32)15-26-14-18-9-11-20(12-10-18)28-25-29-22-8-6-5-7-21(22)23(30-25)31(3)4/h5-8,13,18,20,26H,9-12,14-15H2,1-4H3,(H,27,32)(H,28,29,30). The fourth-order valence-corrected chi connectivity index (χ4v) is 5.51. The van der Waals surface area contributed by atoms with E-state index in [0.717, 1.165) is 53.6 Å². The number of aryl methyl sites for hydroxylation is 1. The summed E-state index contributed by atoms with van der Waals surface area (Å²) in [5.41, 5.74) is 2.15. The molecule has 0 unspecified atom stereocenters. The summed E-state index contributed by atoms with van der Waals surface area (Å²) in [6.45, 7) is 5.42. The summed E-state index contributed by atoms with van der Waals surface area (Å²) in [6, 6.07) is 10.7. The van der Waals surface area contributed by atoms with Crippen LogP contribution in [-0.4, -0.2) is 42.6 Å². The predicted octanol–water partition coefficient (Wildman–Crippen LogP) is 4.78. The second kappa shape index (κ2) is 10.5. The lowest BCUT2D eigenvalue weighted by atomic mass is 9.86. The van der Waals surface area contributed by atoms with Crippen LogP contribution in [0.4, 0.5) is 16.8 Å². The smallest absolute Gasteiger partial charge is 0.225 e. The molecule has 0 saturated heterocycles. The molecule has 2 aromatic heterocycles. The Morgan fingerprint density at radius 3 is 2.64 bits per heavy atom. The van der Waals surface area contributed by atoms with E-state index in [1.54, 1.807) is 18.3 Å². The van der Waals surface area contributed by atoms with Crippen molar-refractivity contribution in [2.24, 2.45) is 5.92 Å². The third-order valence-electron chi connectivity index (χ3n) is 6.16. The first-order chi connectivity index (χ1) is 15.9. The van der Waals surface area contributed by atoms with E-state index in [9.17, 15) is 4.79 Å². The normalized spacial score (nSPS) is 18.3. The van der Waals surface area contributed by atoms with Crippen molar-refractivity contribution < 1.29 is 4.79 Å². The molecule has 1 amide bonds. The van der Waals surface area contributed by atoms with Gasteiger partial charge in [0.15, 0.2) is 0 Å². The minimum atomic E-state index is -0.0167. The average Bonchev–Trinajstić information content (AvgIpc) is 3.12. The molecule has 4 rings (SSSR count). The fourth-order valence-electron chi connectivity index (χ4n) is 4.53. The molecule has 0 atom stereocenters. The quantitative estimate of drug-likeness (QED) is 0.443. The Kier molecular flexibility index (Phi) is 7.45. The number of amides is 1. The van der Waals surface area contributed by atoms with Crippen molar-refractivity contribution in [3.05, 3.63) is 40.8 Å². The third kappa shape index (κ3) is 6.00. The van der Waals surface area contributed by atoms with Crippen molar-refractivity contribution >= 4 is 44.9 Å². The van der Waals surface area contributed by atoms with Crippen LogP contribution < -0.4 is 20.9 Å². The van der Waals surface area contributed by atoms with Gasteiger partial charge in [0, 0.05) is 49.4 Å². The Bertz CT molecular complexity index is 1100. The molecule has 0 aliphatic heterocycles. The van der Waals surface area contributed by atoms with Gasteiger partial charge in [0.1, 0.15) is 5.82 Å². The molecule has 1 fully saturated rings. The number of carbonyl (C=O) groups excluding carboxylic acids is 1. The molecule has 1 aliphatic rings. The van der Waals surface area contributed by atoms with Gasteiger partial charge in [-0.15, -0.1) is 11.3 Å². The van der Waals surface area contributed by atoms with Crippen LogP contribution in [0.2, 0.25) is 0 Å². The van der Waals surface area contributed by atoms with Crippen LogP contribution in [0.25, 0.3) is 10.9 Å². The number of anilines is 3. The zero-order valence-corrected chi connectivity index (χ0v) is 20.8. The summed E-state index contributed by atoms with van der Waals surface area (Å²) >= 11 is 1.64. The Morgan fingerprint density at radius 1 is 1.15 bits per heavy atom. The minimum absolute atomic E-state index is 0.0167. The molecule has 3 aromatic rings. The van der Waals surface area contributed by atoms with E-state index in [0.29, 0.717) is 12.0 Å². The highest BCUT2D eigenvalue weighted by Crippen LogP contribution is 2.30. The van der Waals surface area contributed by atoms with Gasteiger partial charge in [-0.05, 0) is 63.3 Å². The molecule has 2 heterocycles. The Labute approximate surface area is 200 Å². The Balaban J connectivity index is 1.28. The number of para-hydroxylation sites is 1. The molecule has 1 saturated carbocycles. The first-order valence-electron chi connectivity index (χ1n) is 11.7. The van der Waals surface area contributed by atoms with E-state index in [-0.39, 0.29) is 5.91 Å². The lowest BCUT2D eigenvalue weighted by molar-refractivity contribution is -0.114.